The van der Waals surface area contributed by atoms with Crippen LogP contribution in [0.25, 0.3) is 5.65 Å². The minimum absolute atomic E-state index is 0.0854. The van der Waals surface area contributed by atoms with E-state index in [1.807, 2.05) is 0 Å². The molecule has 19 heavy (non-hydrogen) atoms. The summed E-state index contributed by atoms with van der Waals surface area (Å²) in [4.78, 5) is 30.2. The fourth-order valence-electron chi connectivity index (χ4n) is 2.29. The van der Waals surface area contributed by atoms with Crippen molar-refractivity contribution in [3.05, 3.63) is 33.9 Å². The molecule has 0 radical (unpaired) electrons. The van der Waals surface area contributed by atoms with Crippen LogP contribution < -0.4 is 10.9 Å². The van der Waals surface area contributed by atoms with Crippen molar-refractivity contribution in [3.63, 3.8) is 0 Å². The Morgan fingerprint density at radius 1 is 1.37 bits per heavy atom. The van der Waals surface area contributed by atoms with Gasteiger partial charge in [0.25, 0.3) is 11.5 Å². The lowest BCUT2D eigenvalue weighted by Gasteiger charge is -2.26. The molecular weight excluding hydrogens is 246 g/mol. The summed E-state index contributed by atoms with van der Waals surface area (Å²) in [5, 5.41) is 5.98. The fraction of sp³-hybridized carbons (Fsp3) is 0.417. The Hall–Kier alpha value is -2.15. The molecule has 1 aliphatic rings. The number of amides is 1. The number of aryl methyl sites for hydroxylation is 1. The van der Waals surface area contributed by atoms with E-state index in [1.54, 1.807) is 18.0 Å². The molecule has 3 heterocycles. The summed E-state index contributed by atoms with van der Waals surface area (Å²) in [6, 6.07) is 1.43. The van der Waals surface area contributed by atoms with Gasteiger partial charge in [0.05, 0.1) is 0 Å². The second-order valence-electron chi connectivity index (χ2n) is 4.62. The first-order chi connectivity index (χ1) is 9.16. The molecule has 1 aliphatic heterocycles. The third-order valence-electron chi connectivity index (χ3n) is 3.26. The molecule has 7 heteroatoms. The van der Waals surface area contributed by atoms with E-state index in [-0.39, 0.29) is 11.5 Å². The Kier molecular flexibility index (Phi) is 2.83. The van der Waals surface area contributed by atoms with Crippen molar-refractivity contribution < 1.29 is 4.79 Å². The van der Waals surface area contributed by atoms with Gasteiger partial charge in [0.1, 0.15) is 5.56 Å². The molecule has 0 saturated carbocycles. The van der Waals surface area contributed by atoms with Crippen LogP contribution in [-0.2, 0) is 0 Å². The summed E-state index contributed by atoms with van der Waals surface area (Å²) in [7, 11) is 0. The van der Waals surface area contributed by atoms with Gasteiger partial charge in [-0.15, -0.1) is 0 Å². The number of carbonyl (C=O) groups excluding carboxylic acids is 1. The molecule has 7 nitrogen and oxygen atoms in total. The Bertz CT molecular complexity index is 681. The van der Waals surface area contributed by atoms with Gasteiger partial charge in [0.15, 0.2) is 5.65 Å². The van der Waals surface area contributed by atoms with E-state index in [9.17, 15) is 9.59 Å². The van der Waals surface area contributed by atoms with Gasteiger partial charge >= 0.3 is 0 Å². The number of carbonyl (C=O) groups is 1. The van der Waals surface area contributed by atoms with Crippen LogP contribution in [0.3, 0.4) is 0 Å². The van der Waals surface area contributed by atoms with Gasteiger partial charge < -0.3 is 10.2 Å². The second kappa shape index (κ2) is 4.51. The number of H-pyrrole nitrogens is 1. The summed E-state index contributed by atoms with van der Waals surface area (Å²) in [6.45, 7) is 4.67. The van der Waals surface area contributed by atoms with Crippen LogP contribution >= 0.6 is 0 Å². The largest absolute Gasteiger partial charge is 0.336 e. The van der Waals surface area contributed by atoms with Crippen LogP contribution in [0, 0.1) is 6.92 Å². The predicted molar refractivity (Wildman–Crippen MR) is 69.3 cm³/mol. The predicted octanol–water partition coefficient (Wildman–Crippen LogP) is -0.624. The molecule has 100 valence electrons. The zero-order valence-electron chi connectivity index (χ0n) is 10.6. The summed E-state index contributed by atoms with van der Waals surface area (Å²) in [5.41, 5.74) is 1.25. The van der Waals surface area contributed by atoms with Crippen LogP contribution in [0.5, 0.6) is 0 Å². The molecule has 1 saturated heterocycles. The average molecular weight is 261 g/mol. The van der Waals surface area contributed by atoms with E-state index < -0.39 is 0 Å². The van der Waals surface area contributed by atoms with Crippen LogP contribution in [0.15, 0.2) is 17.1 Å². The minimum Gasteiger partial charge on any atom is -0.336 e. The number of hydrogen-bond acceptors (Lipinski definition) is 4. The molecule has 1 fully saturated rings. The molecule has 0 aliphatic carbocycles. The van der Waals surface area contributed by atoms with Gasteiger partial charge in [-0.1, -0.05) is 0 Å². The maximum atomic E-state index is 12.4. The number of piperazine rings is 1. The molecule has 1 amide bonds. The van der Waals surface area contributed by atoms with Crippen LogP contribution in [0.1, 0.15) is 16.1 Å². The lowest BCUT2D eigenvalue weighted by Crippen LogP contribution is -2.46. The van der Waals surface area contributed by atoms with Crippen molar-refractivity contribution in [1.29, 1.82) is 0 Å². The van der Waals surface area contributed by atoms with Crippen LogP contribution in [0.4, 0.5) is 0 Å². The highest BCUT2D eigenvalue weighted by Crippen LogP contribution is 2.10. The van der Waals surface area contributed by atoms with Gasteiger partial charge in [0, 0.05) is 44.1 Å². The number of rotatable bonds is 1. The van der Waals surface area contributed by atoms with E-state index in [2.05, 4.69) is 15.4 Å². The van der Waals surface area contributed by atoms with Crippen LogP contribution in [-0.4, -0.2) is 51.6 Å². The maximum Gasteiger partial charge on any atom is 0.272 e. The van der Waals surface area contributed by atoms with Gasteiger partial charge in [-0.3, -0.25) is 14.7 Å². The number of nitrogens with zero attached hydrogens (tertiary/aromatic N) is 3. The van der Waals surface area contributed by atoms with Gasteiger partial charge in [0.2, 0.25) is 0 Å². The fourth-order valence-corrected chi connectivity index (χ4v) is 2.29. The highest BCUT2D eigenvalue weighted by Gasteiger charge is 2.22. The highest BCUT2D eigenvalue weighted by molar-refractivity contribution is 5.99. The number of fused-ring (bicyclic) bond motifs is 1. The van der Waals surface area contributed by atoms with Crippen molar-refractivity contribution in [2.45, 2.75) is 6.92 Å². The third kappa shape index (κ3) is 2.01. The normalized spacial score (nSPS) is 15.9. The summed E-state index contributed by atoms with van der Waals surface area (Å²) in [6.07, 6.45) is 1.55. The summed E-state index contributed by atoms with van der Waals surface area (Å²) >= 11 is 0. The highest BCUT2D eigenvalue weighted by atomic mass is 16.2. The molecule has 0 atom stereocenters. The summed E-state index contributed by atoms with van der Waals surface area (Å²) < 4.78 is 1.29. The maximum absolute atomic E-state index is 12.4. The molecule has 2 N–H and O–H groups in total. The molecule has 2 aromatic heterocycles. The molecule has 0 bridgehead atoms. The molecule has 3 rings (SSSR count). The van der Waals surface area contributed by atoms with E-state index in [0.717, 1.165) is 13.1 Å². The SMILES string of the molecule is Cc1cc(=O)n2[nH]cc(C(=O)N3CCNCC3)c2n1. The van der Waals surface area contributed by atoms with E-state index in [4.69, 9.17) is 0 Å². The van der Waals surface area contributed by atoms with Crippen molar-refractivity contribution in [3.8, 4) is 0 Å². The van der Waals surface area contributed by atoms with Crippen molar-refractivity contribution in [2.24, 2.45) is 0 Å². The Balaban J connectivity index is 2.05. The number of nitrogens with one attached hydrogen (secondary N) is 2. The lowest BCUT2D eigenvalue weighted by atomic mass is 10.2. The molecule has 0 unspecified atom stereocenters. The van der Waals surface area contributed by atoms with Gasteiger partial charge in [-0.25, -0.2) is 9.50 Å². The zero-order chi connectivity index (χ0) is 13.4. The van der Waals surface area contributed by atoms with Gasteiger partial charge in [-0.05, 0) is 6.92 Å². The third-order valence-corrected chi connectivity index (χ3v) is 3.26. The van der Waals surface area contributed by atoms with E-state index in [0.29, 0.717) is 30.0 Å². The molecule has 0 aromatic carbocycles. The second-order valence-corrected chi connectivity index (χ2v) is 4.62. The van der Waals surface area contributed by atoms with Crippen LogP contribution in [0.2, 0.25) is 0 Å². The number of aromatic nitrogens is 3. The average Bonchev–Trinajstić information content (AvgIpc) is 2.83. The smallest absolute Gasteiger partial charge is 0.272 e. The van der Waals surface area contributed by atoms with Gasteiger partial charge in [-0.2, -0.15) is 0 Å². The Labute approximate surface area is 109 Å². The number of hydrogen-bond donors (Lipinski definition) is 2. The Morgan fingerprint density at radius 3 is 2.84 bits per heavy atom. The standard InChI is InChI=1S/C12H15N5O2/c1-8-6-10(18)17-11(15-8)9(7-14-17)12(19)16-4-2-13-3-5-16/h6-7,13-14H,2-5H2,1H3. The number of aromatic amines is 1. The van der Waals surface area contributed by atoms with Crippen molar-refractivity contribution in [2.75, 3.05) is 26.2 Å². The van der Waals surface area contributed by atoms with Crippen molar-refractivity contribution >= 4 is 11.6 Å². The van der Waals surface area contributed by atoms with Crippen molar-refractivity contribution in [1.82, 2.24) is 24.8 Å². The molecular formula is C12H15N5O2. The topological polar surface area (TPSA) is 82.5 Å². The summed E-state index contributed by atoms with van der Waals surface area (Å²) in [5.74, 6) is -0.0854. The molecule has 2 aromatic rings. The Morgan fingerprint density at radius 2 is 2.11 bits per heavy atom. The van der Waals surface area contributed by atoms with E-state index >= 15 is 0 Å². The lowest BCUT2D eigenvalue weighted by molar-refractivity contribution is 0.0737. The first kappa shape index (κ1) is 11.9. The monoisotopic (exact) mass is 261 g/mol. The molecule has 0 spiro atoms. The first-order valence-electron chi connectivity index (χ1n) is 6.24. The zero-order valence-corrected chi connectivity index (χ0v) is 10.6. The van der Waals surface area contributed by atoms with E-state index in [1.165, 1.54) is 10.6 Å². The minimum atomic E-state index is -0.207. The quantitative estimate of drug-likeness (QED) is 0.716. The first-order valence-corrected chi connectivity index (χ1v) is 6.24.